The summed E-state index contributed by atoms with van der Waals surface area (Å²) in [6, 6.07) is 12.3. The molecule has 1 aromatic heterocycles. The summed E-state index contributed by atoms with van der Waals surface area (Å²) in [6.07, 6.45) is 1.02. The first-order valence-corrected chi connectivity index (χ1v) is 12.6. The molecule has 0 N–H and O–H groups in total. The molecule has 0 spiro atoms. The average molecular weight is 483 g/mol. The summed E-state index contributed by atoms with van der Waals surface area (Å²) < 4.78 is 31.6. The number of piperidine rings is 1. The van der Waals surface area contributed by atoms with E-state index >= 15 is 0 Å². The quantitative estimate of drug-likeness (QED) is 0.475. The molecule has 1 fully saturated rings. The number of halogens is 2. The van der Waals surface area contributed by atoms with Crippen molar-refractivity contribution < 1.29 is 13.2 Å². The molecule has 1 aliphatic rings. The Labute approximate surface area is 190 Å². The number of aromatic nitrogens is 1. The Balaban J connectivity index is 1.49. The van der Waals surface area contributed by atoms with Crippen LogP contribution in [0.4, 0.5) is 5.13 Å². The summed E-state index contributed by atoms with van der Waals surface area (Å²) >= 11 is 13.7. The lowest BCUT2D eigenvalue weighted by molar-refractivity contribution is 0.416. The van der Waals surface area contributed by atoms with Crippen molar-refractivity contribution in [3.8, 4) is 17.0 Å². The molecule has 2 aromatic carbocycles. The maximum Gasteiger partial charge on any atom is 0.185 e. The van der Waals surface area contributed by atoms with Gasteiger partial charge in [0.2, 0.25) is 0 Å². The van der Waals surface area contributed by atoms with Gasteiger partial charge in [-0.3, -0.25) is 0 Å². The van der Waals surface area contributed by atoms with E-state index in [0.29, 0.717) is 31.0 Å². The van der Waals surface area contributed by atoms with Gasteiger partial charge >= 0.3 is 0 Å². The second-order valence-corrected chi connectivity index (χ2v) is 10.9. The summed E-state index contributed by atoms with van der Waals surface area (Å²) in [4.78, 5) is 7.01. The van der Waals surface area contributed by atoms with Crippen LogP contribution in [0.15, 0.2) is 52.7 Å². The second kappa shape index (κ2) is 8.75. The van der Waals surface area contributed by atoms with Gasteiger partial charge in [0.15, 0.2) is 15.0 Å². The molecule has 3 aromatic rings. The SMILES string of the molecule is COc1ccccc1-c1csc(N2CCC(S(=O)(=O)c3cc(Cl)ccc3Cl)CC2)n1. The lowest BCUT2D eigenvalue weighted by Gasteiger charge is -2.31. The number of hydrogen-bond donors (Lipinski definition) is 0. The van der Waals surface area contributed by atoms with Crippen LogP contribution in [0.1, 0.15) is 12.8 Å². The maximum atomic E-state index is 13.1. The van der Waals surface area contributed by atoms with Crippen LogP contribution >= 0.6 is 34.5 Å². The minimum absolute atomic E-state index is 0.114. The summed E-state index contributed by atoms with van der Waals surface area (Å²) in [5.74, 6) is 0.776. The van der Waals surface area contributed by atoms with Gasteiger partial charge in [0.1, 0.15) is 5.75 Å². The molecule has 2 heterocycles. The van der Waals surface area contributed by atoms with Gasteiger partial charge in [0.25, 0.3) is 0 Å². The average Bonchev–Trinajstić information content (AvgIpc) is 3.25. The molecule has 9 heteroatoms. The molecule has 0 bridgehead atoms. The standard InChI is InChI=1S/C21H20Cl2N2O3S2/c1-28-19-5-3-2-4-16(19)18-13-29-21(24-18)25-10-8-15(9-11-25)30(26,27)20-12-14(22)6-7-17(20)23/h2-7,12-13,15H,8-11H2,1H3. The zero-order valence-electron chi connectivity index (χ0n) is 16.2. The smallest absolute Gasteiger partial charge is 0.185 e. The van der Waals surface area contributed by atoms with E-state index in [9.17, 15) is 8.42 Å². The molecule has 1 saturated heterocycles. The molecule has 0 aliphatic carbocycles. The number of nitrogens with zero attached hydrogens (tertiary/aromatic N) is 2. The van der Waals surface area contributed by atoms with Crippen LogP contribution in [-0.2, 0) is 9.84 Å². The molecule has 0 saturated carbocycles. The van der Waals surface area contributed by atoms with E-state index in [1.807, 2.05) is 29.6 Å². The highest BCUT2D eigenvalue weighted by atomic mass is 35.5. The molecular weight excluding hydrogens is 463 g/mol. The summed E-state index contributed by atoms with van der Waals surface area (Å²) in [6.45, 7) is 1.22. The minimum Gasteiger partial charge on any atom is -0.496 e. The van der Waals surface area contributed by atoms with E-state index < -0.39 is 15.1 Å². The lowest BCUT2D eigenvalue weighted by atomic mass is 10.1. The van der Waals surface area contributed by atoms with Crippen molar-refractivity contribution in [2.24, 2.45) is 0 Å². The van der Waals surface area contributed by atoms with Gasteiger partial charge in [-0.15, -0.1) is 11.3 Å². The highest BCUT2D eigenvalue weighted by Crippen LogP contribution is 2.36. The molecular formula is C21H20Cl2N2O3S2. The molecule has 0 radical (unpaired) electrons. The number of ether oxygens (including phenoxy) is 1. The van der Waals surface area contributed by atoms with E-state index in [1.165, 1.54) is 12.1 Å². The van der Waals surface area contributed by atoms with E-state index in [2.05, 4.69) is 4.90 Å². The molecule has 5 nitrogen and oxygen atoms in total. The van der Waals surface area contributed by atoms with Crippen molar-refractivity contribution in [2.75, 3.05) is 25.1 Å². The number of para-hydroxylation sites is 1. The summed E-state index contributed by atoms with van der Waals surface area (Å²) in [5, 5.41) is 2.97. The van der Waals surface area contributed by atoms with Crippen LogP contribution in [-0.4, -0.2) is 38.9 Å². The predicted molar refractivity (Wildman–Crippen MR) is 123 cm³/mol. The molecule has 30 heavy (non-hydrogen) atoms. The van der Waals surface area contributed by atoms with Gasteiger partial charge in [-0.2, -0.15) is 0 Å². The molecule has 1 aliphatic heterocycles. The molecule has 4 rings (SSSR count). The van der Waals surface area contributed by atoms with Crippen LogP contribution in [0.25, 0.3) is 11.3 Å². The van der Waals surface area contributed by atoms with Crippen molar-refractivity contribution in [3.63, 3.8) is 0 Å². The Morgan fingerprint density at radius 3 is 2.60 bits per heavy atom. The fourth-order valence-electron chi connectivity index (χ4n) is 3.62. The largest absolute Gasteiger partial charge is 0.496 e. The van der Waals surface area contributed by atoms with Crippen LogP contribution in [0.3, 0.4) is 0 Å². The van der Waals surface area contributed by atoms with Gasteiger partial charge in [-0.25, -0.2) is 13.4 Å². The van der Waals surface area contributed by atoms with Crippen LogP contribution in [0.5, 0.6) is 5.75 Å². The van der Waals surface area contributed by atoms with Crippen molar-refractivity contribution in [2.45, 2.75) is 23.0 Å². The van der Waals surface area contributed by atoms with Crippen molar-refractivity contribution in [1.29, 1.82) is 0 Å². The monoisotopic (exact) mass is 482 g/mol. The second-order valence-electron chi connectivity index (χ2n) is 7.02. The Morgan fingerprint density at radius 1 is 1.13 bits per heavy atom. The fraction of sp³-hybridized carbons (Fsp3) is 0.286. The van der Waals surface area contributed by atoms with Crippen molar-refractivity contribution in [1.82, 2.24) is 4.98 Å². The van der Waals surface area contributed by atoms with Gasteiger partial charge in [0, 0.05) is 29.1 Å². The Morgan fingerprint density at radius 2 is 1.87 bits per heavy atom. The molecule has 0 atom stereocenters. The maximum absolute atomic E-state index is 13.1. The van der Waals surface area contributed by atoms with Gasteiger partial charge in [0.05, 0.1) is 28.0 Å². The minimum atomic E-state index is -3.54. The van der Waals surface area contributed by atoms with E-state index in [4.69, 9.17) is 32.9 Å². The van der Waals surface area contributed by atoms with Gasteiger partial charge in [-0.1, -0.05) is 35.3 Å². The van der Waals surface area contributed by atoms with Gasteiger partial charge in [-0.05, 0) is 43.2 Å². The Hall–Kier alpha value is -1.80. The van der Waals surface area contributed by atoms with Crippen LogP contribution < -0.4 is 9.64 Å². The molecule has 0 amide bonds. The van der Waals surface area contributed by atoms with E-state index in [-0.39, 0.29) is 9.92 Å². The number of thiazole rings is 1. The Kier molecular flexibility index (Phi) is 6.25. The summed E-state index contributed by atoms with van der Waals surface area (Å²) in [7, 11) is -1.90. The van der Waals surface area contributed by atoms with Crippen molar-refractivity contribution >= 4 is 49.5 Å². The number of benzene rings is 2. The number of hydrogen-bond acceptors (Lipinski definition) is 6. The zero-order valence-corrected chi connectivity index (χ0v) is 19.4. The highest BCUT2D eigenvalue weighted by Gasteiger charge is 2.33. The number of anilines is 1. The predicted octanol–water partition coefficient (Wildman–Crippen LogP) is 5.57. The lowest BCUT2D eigenvalue weighted by Crippen LogP contribution is -2.39. The first kappa shape index (κ1) is 21.4. The Bertz CT molecular complexity index is 1160. The van der Waals surface area contributed by atoms with E-state index in [0.717, 1.165) is 22.1 Å². The molecule has 0 unspecified atom stereocenters. The summed E-state index contributed by atoms with van der Waals surface area (Å²) in [5.41, 5.74) is 1.79. The van der Waals surface area contributed by atoms with Crippen LogP contribution in [0.2, 0.25) is 10.0 Å². The number of sulfone groups is 1. The van der Waals surface area contributed by atoms with E-state index in [1.54, 1.807) is 24.5 Å². The van der Waals surface area contributed by atoms with Crippen LogP contribution in [0, 0.1) is 0 Å². The van der Waals surface area contributed by atoms with Crippen molar-refractivity contribution in [3.05, 3.63) is 57.9 Å². The third-order valence-corrected chi connectivity index (χ3v) is 9.10. The first-order chi connectivity index (χ1) is 14.4. The molecule has 158 valence electrons. The number of rotatable bonds is 5. The van der Waals surface area contributed by atoms with Gasteiger partial charge < -0.3 is 9.64 Å². The normalized spacial score (nSPS) is 15.4. The zero-order chi connectivity index (χ0) is 21.3. The topological polar surface area (TPSA) is 59.5 Å². The number of methoxy groups -OCH3 is 1. The third kappa shape index (κ3) is 4.17. The first-order valence-electron chi connectivity index (χ1n) is 9.43. The third-order valence-electron chi connectivity index (χ3n) is 5.23. The highest BCUT2D eigenvalue weighted by molar-refractivity contribution is 7.92. The fourth-order valence-corrected chi connectivity index (χ4v) is 7.00.